The van der Waals surface area contributed by atoms with Gasteiger partial charge >= 0.3 is 5.97 Å². The van der Waals surface area contributed by atoms with E-state index in [1.807, 2.05) is 27.7 Å². The molecule has 6 N–H and O–H groups in total. The molecule has 1 aliphatic heterocycles. The molecule has 0 aromatic heterocycles. The summed E-state index contributed by atoms with van der Waals surface area (Å²) in [7, 11) is 0. The van der Waals surface area contributed by atoms with Crippen molar-refractivity contribution in [1.82, 2.24) is 15.6 Å². The van der Waals surface area contributed by atoms with Crippen LogP contribution in [0, 0.1) is 17.8 Å². The fourth-order valence-corrected chi connectivity index (χ4v) is 3.21. The van der Waals surface area contributed by atoms with E-state index < -0.39 is 18.0 Å². The van der Waals surface area contributed by atoms with Crippen LogP contribution in [0.4, 0.5) is 0 Å². The van der Waals surface area contributed by atoms with Gasteiger partial charge in [0.1, 0.15) is 0 Å². The van der Waals surface area contributed by atoms with Gasteiger partial charge in [0.15, 0.2) is 0 Å². The van der Waals surface area contributed by atoms with Gasteiger partial charge in [-0.1, -0.05) is 32.9 Å². The summed E-state index contributed by atoms with van der Waals surface area (Å²) >= 11 is 0. The molecule has 5 unspecified atom stereocenters. The minimum Gasteiger partial charge on any atom is -0.481 e. The number of rotatable bonds is 9. The van der Waals surface area contributed by atoms with Crippen molar-refractivity contribution in [2.24, 2.45) is 23.6 Å². The summed E-state index contributed by atoms with van der Waals surface area (Å²) in [6.45, 7) is 12.8. The number of aliphatic hydroxyl groups is 1. The van der Waals surface area contributed by atoms with Crippen LogP contribution in [-0.4, -0.2) is 52.7 Å². The summed E-state index contributed by atoms with van der Waals surface area (Å²) < 4.78 is 0. The highest BCUT2D eigenvalue weighted by Crippen LogP contribution is 2.32. The zero-order chi connectivity index (χ0) is 18.4. The van der Waals surface area contributed by atoms with Crippen molar-refractivity contribution < 1.29 is 15.0 Å². The predicted octanol–water partition coefficient (Wildman–Crippen LogP) is 0.717. The van der Waals surface area contributed by atoms with E-state index in [-0.39, 0.29) is 24.2 Å². The molecule has 0 aliphatic carbocycles. The third-order valence-corrected chi connectivity index (χ3v) is 4.70. The summed E-state index contributed by atoms with van der Waals surface area (Å²) in [5.41, 5.74) is 0.812. The van der Waals surface area contributed by atoms with E-state index in [0.29, 0.717) is 19.5 Å². The van der Waals surface area contributed by atoms with Crippen LogP contribution in [0.15, 0.2) is 12.2 Å². The number of hydrazine groups is 1. The molecular weight excluding hydrogens is 308 g/mol. The molecule has 140 valence electrons. The molecular formula is C17H34N4O3. The first kappa shape index (κ1) is 21.1. The van der Waals surface area contributed by atoms with Crippen LogP contribution in [0.2, 0.25) is 0 Å². The zero-order valence-corrected chi connectivity index (χ0v) is 15.3. The van der Waals surface area contributed by atoms with E-state index in [9.17, 15) is 15.0 Å². The van der Waals surface area contributed by atoms with Gasteiger partial charge in [0.2, 0.25) is 0 Å². The monoisotopic (exact) mass is 342 g/mol. The van der Waals surface area contributed by atoms with E-state index >= 15 is 0 Å². The van der Waals surface area contributed by atoms with Gasteiger partial charge in [-0.15, -0.1) is 0 Å². The average molecular weight is 342 g/mol. The number of piperidine rings is 1. The molecule has 7 heteroatoms. The predicted molar refractivity (Wildman–Crippen MR) is 94.8 cm³/mol. The summed E-state index contributed by atoms with van der Waals surface area (Å²) in [5.74, 6) is 4.66. The smallest absolute Gasteiger partial charge is 0.307 e. The minimum absolute atomic E-state index is 0.140. The number of nitrogens with one attached hydrogen (secondary N) is 2. The highest BCUT2D eigenvalue weighted by Gasteiger charge is 2.43. The maximum absolute atomic E-state index is 11.8. The maximum Gasteiger partial charge on any atom is 0.307 e. The Labute approximate surface area is 145 Å². The number of nitrogens with two attached hydrogens (primary N) is 1. The lowest BCUT2D eigenvalue weighted by molar-refractivity contribution is -0.147. The Balaban J connectivity index is 2.91. The van der Waals surface area contributed by atoms with Gasteiger partial charge in [-0.05, 0) is 25.7 Å². The first-order valence-corrected chi connectivity index (χ1v) is 8.76. The number of aliphatic carboxylic acids is 1. The normalized spacial score (nSPS) is 29.0. The molecule has 7 nitrogen and oxygen atoms in total. The maximum atomic E-state index is 11.8. The number of hydrogen-bond acceptors (Lipinski definition) is 6. The topological polar surface area (TPSA) is 111 Å². The van der Waals surface area contributed by atoms with Gasteiger partial charge in [0.25, 0.3) is 0 Å². The molecule has 0 radical (unpaired) electrons. The second-order valence-corrected chi connectivity index (χ2v) is 7.17. The van der Waals surface area contributed by atoms with Gasteiger partial charge < -0.3 is 10.2 Å². The molecule has 24 heavy (non-hydrogen) atoms. The van der Waals surface area contributed by atoms with Crippen LogP contribution >= 0.6 is 0 Å². The van der Waals surface area contributed by atoms with Gasteiger partial charge in [-0.25, -0.2) is 5.01 Å². The number of nitrogens with zero attached hydrogens (tertiary/aromatic N) is 1. The third kappa shape index (κ3) is 5.53. The quantitative estimate of drug-likeness (QED) is 0.238. The average Bonchev–Trinajstić information content (AvgIpc) is 2.51. The molecule has 0 aromatic carbocycles. The lowest BCUT2D eigenvalue weighted by atomic mass is 9.78. The molecule has 1 fully saturated rings. The second-order valence-electron chi connectivity index (χ2n) is 7.17. The molecule has 0 amide bonds. The van der Waals surface area contributed by atoms with Crippen molar-refractivity contribution in [3.8, 4) is 0 Å². The molecule has 1 rings (SSSR count). The van der Waals surface area contributed by atoms with Crippen LogP contribution in [0.3, 0.4) is 0 Å². The van der Waals surface area contributed by atoms with E-state index in [4.69, 9.17) is 5.84 Å². The molecule has 1 saturated heterocycles. The summed E-state index contributed by atoms with van der Waals surface area (Å²) in [5, 5.41) is 28.0. The molecule has 5 atom stereocenters. The van der Waals surface area contributed by atoms with Gasteiger partial charge in [-0.2, -0.15) is 0 Å². The first-order valence-electron chi connectivity index (χ1n) is 8.76. The van der Waals surface area contributed by atoms with Crippen LogP contribution in [-0.2, 0) is 4.79 Å². The fraction of sp³-hybridized carbons (Fsp3) is 0.824. The highest BCUT2D eigenvalue weighted by atomic mass is 16.4. The van der Waals surface area contributed by atoms with Crippen molar-refractivity contribution in [2.45, 2.75) is 59.0 Å². The standard InChI is InChI=1S/C17H34N4O3/c1-6-7-21(18)16-15(11(4)5)12(17(23)24)8-14(20-16)19-9-13(22)10(2)3/h10,12-16,19-20,22H,4,6-9,18H2,1-3,5H3,(H,23,24). The van der Waals surface area contributed by atoms with E-state index in [2.05, 4.69) is 17.2 Å². The lowest BCUT2D eigenvalue weighted by Gasteiger charge is -2.45. The summed E-state index contributed by atoms with van der Waals surface area (Å²) in [6, 6.07) is 0. The van der Waals surface area contributed by atoms with Crippen molar-refractivity contribution in [3.63, 3.8) is 0 Å². The van der Waals surface area contributed by atoms with Crippen LogP contribution in [0.1, 0.15) is 40.5 Å². The Morgan fingerprint density at radius 1 is 1.50 bits per heavy atom. The summed E-state index contributed by atoms with van der Waals surface area (Å²) in [4.78, 5) is 11.8. The van der Waals surface area contributed by atoms with Crippen molar-refractivity contribution in [2.75, 3.05) is 13.1 Å². The van der Waals surface area contributed by atoms with Gasteiger partial charge in [-0.3, -0.25) is 21.3 Å². The molecule has 0 bridgehead atoms. The van der Waals surface area contributed by atoms with Gasteiger partial charge in [0, 0.05) is 19.0 Å². The summed E-state index contributed by atoms with van der Waals surface area (Å²) in [6.07, 6.45) is 0.305. The Kier molecular flexibility index (Phi) is 8.32. The van der Waals surface area contributed by atoms with E-state index in [1.165, 1.54) is 0 Å². The molecule has 0 spiro atoms. The van der Waals surface area contributed by atoms with Crippen molar-refractivity contribution >= 4 is 5.97 Å². The lowest BCUT2D eigenvalue weighted by Crippen LogP contribution is -2.66. The van der Waals surface area contributed by atoms with Crippen LogP contribution in [0.5, 0.6) is 0 Å². The Bertz CT molecular complexity index is 430. The Morgan fingerprint density at radius 3 is 2.58 bits per heavy atom. The fourth-order valence-electron chi connectivity index (χ4n) is 3.21. The molecule has 1 aliphatic rings. The van der Waals surface area contributed by atoms with Crippen LogP contribution in [0.25, 0.3) is 0 Å². The molecule has 1 heterocycles. The minimum atomic E-state index is -0.837. The largest absolute Gasteiger partial charge is 0.481 e. The van der Waals surface area contributed by atoms with Crippen LogP contribution < -0.4 is 16.5 Å². The van der Waals surface area contributed by atoms with Crippen molar-refractivity contribution in [3.05, 3.63) is 12.2 Å². The van der Waals surface area contributed by atoms with Crippen molar-refractivity contribution in [1.29, 1.82) is 0 Å². The first-order chi connectivity index (χ1) is 11.2. The Hall–Kier alpha value is -0.990. The molecule has 0 saturated carbocycles. The zero-order valence-electron chi connectivity index (χ0n) is 15.3. The van der Waals surface area contributed by atoms with E-state index in [0.717, 1.165) is 12.0 Å². The number of carboxylic acids is 1. The third-order valence-electron chi connectivity index (χ3n) is 4.70. The Morgan fingerprint density at radius 2 is 2.12 bits per heavy atom. The number of aliphatic hydroxyl groups excluding tert-OH is 1. The van der Waals surface area contributed by atoms with E-state index in [1.54, 1.807) is 5.01 Å². The SMILES string of the molecule is C=C(C)C1C(C(=O)O)CC(NCC(O)C(C)C)NC1N(N)CCC. The number of carboxylic acid groups (broad SMARTS) is 1. The number of hydrogen-bond donors (Lipinski definition) is 5. The number of carbonyl (C=O) groups is 1. The second kappa shape index (κ2) is 9.48. The molecule has 0 aromatic rings. The van der Waals surface area contributed by atoms with Gasteiger partial charge in [0.05, 0.1) is 24.4 Å². The highest BCUT2D eigenvalue weighted by molar-refractivity contribution is 5.71.